The van der Waals surface area contributed by atoms with E-state index in [1.807, 2.05) is 0 Å². The SMILES string of the molecule is O=C=Nc1ccoc1Cl. The Labute approximate surface area is 56.0 Å². The Hall–Kier alpha value is -1.05. The Morgan fingerprint density at radius 2 is 2.56 bits per heavy atom. The van der Waals surface area contributed by atoms with Gasteiger partial charge in [0.05, 0.1) is 6.26 Å². The van der Waals surface area contributed by atoms with Crippen molar-refractivity contribution in [1.82, 2.24) is 0 Å². The van der Waals surface area contributed by atoms with Gasteiger partial charge in [0.25, 0.3) is 0 Å². The van der Waals surface area contributed by atoms with Gasteiger partial charge >= 0.3 is 0 Å². The van der Waals surface area contributed by atoms with Gasteiger partial charge in [-0.05, 0) is 11.6 Å². The van der Waals surface area contributed by atoms with E-state index in [-0.39, 0.29) is 5.22 Å². The van der Waals surface area contributed by atoms with E-state index in [9.17, 15) is 4.79 Å². The molecule has 1 rings (SSSR count). The van der Waals surface area contributed by atoms with Crippen LogP contribution in [0.3, 0.4) is 0 Å². The fourth-order valence-electron chi connectivity index (χ4n) is 0.414. The van der Waals surface area contributed by atoms with E-state index in [2.05, 4.69) is 9.41 Å². The molecule has 0 amide bonds. The maximum absolute atomic E-state index is 9.63. The van der Waals surface area contributed by atoms with Crippen LogP contribution in [0.25, 0.3) is 0 Å². The van der Waals surface area contributed by atoms with Gasteiger partial charge in [-0.25, -0.2) is 4.79 Å². The van der Waals surface area contributed by atoms with E-state index >= 15 is 0 Å². The number of aliphatic imine (C=N–C) groups is 1. The van der Waals surface area contributed by atoms with Crippen molar-refractivity contribution in [2.75, 3.05) is 0 Å². The number of carbonyl (C=O) groups excluding carboxylic acids is 1. The van der Waals surface area contributed by atoms with Gasteiger partial charge in [0.1, 0.15) is 5.69 Å². The minimum Gasteiger partial charge on any atom is -0.451 e. The maximum atomic E-state index is 9.63. The molecule has 3 nitrogen and oxygen atoms in total. The van der Waals surface area contributed by atoms with Crippen molar-refractivity contribution in [1.29, 1.82) is 0 Å². The van der Waals surface area contributed by atoms with Crippen molar-refractivity contribution >= 4 is 23.4 Å². The van der Waals surface area contributed by atoms with E-state index < -0.39 is 0 Å². The summed E-state index contributed by atoms with van der Waals surface area (Å²) in [4.78, 5) is 12.9. The van der Waals surface area contributed by atoms with Crippen molar-refractivity contribution in [3.05, 3.63) is 17.5 Å². The molecule has 0 unspecified atom stereocenters. The van der Waals surface area contributed by atoms with Crippen LogP contribution in [0.15, 0.2) is 21.7 Å². The fourth-order valence-corrected chi connectivity index (χ4v) is 0.571. The molecule has 0 radical (unpaired) electrons. The zero-order valence-electron chi connectivity index (χ0n) is 4.30. The van der Waals surface area contributed by atoms with Gasteiger partial charge < -0.3 is 4.42 Å². The van der Waals surface area contributed by atoms with Crippen LogP contribution in [-0.4, -0.2) is 6.08 Å². The first kappa shape index (κ1) is 6.08. The lowest BCUT2D eigenvalue weighted by atomic mass is 10.6. The minimum absolute atomic E-state index is 0.110. The molecule has 9 heavy (non-hydrogen) atoms. The van der Waals surface area contributed by atoms with Gasteiger partial charge in [0.15, 0.2) is 0 Å². The molecule has 0 aliphatic carbocycles. The highest BCUT2D eigenvalue weighted by atomic mass is 35.5. The summed E-state index contributed by atoms with van der Waals surface area (Å²) in [6.45, 7) is 0. The number of hydrogen-bond donors (Lipinski definition) is 0. The maximum Gasteiger partial charge on any atom is 0.240 e. The van der Waals surface area contributed by atoms with Crippen molar-refractivity contribution in [3.63, 3.8) is 0 Å². The Bertz CT molecular complexity index is 249. The number of nitrogens with zero attached hydrogens (tertiary/aromatic N) is 1. The van der Waals surface area contributed by atoms with Crippen LogP contribution < -0.4 is 0 Å². The molecule has 1 heterocycles. The summed E-state index contributed by atoms with van der Waals surface area (Å²) in [6, 6.07) is 1.48. The zero-order valence-corrected chi connectivity index (χ0v) is 5.05. The number of hydrogen-bond acceptors (Lipinski definition) is 3. The van der Waals surface area contributed by atoms with Crippen molar-refractivity contribution in [3.8, 4) is 0 Å². The summed E-state index contributed by atoms with van der Waals surface area (Å²) >= 11 is 5.38. The zero-order chi connectivity index (χ0) is 6.69. The first-order valence-electron chi connectivity index (χ1n) is 2.15. The third kappa shape index (κ3) is 1.19. The highest BCUT2D eigenvalue weighted by Gasteiger charge is 1.98. The van der Waals surface area contributed by atoms with Crippen LogP contribution in [0.1, 0.15) is 0 Å². The first-order chi connectivity index (χ1) is 4.34. The van der Waals surface area contributed by atoms with Crippen LogP contribution in [0.5, 0.6) is 0 Å². The summed E-state index contributed by atoms with van der Waals surface area (Å²) in [7, 11) is 0. The second-order valence-corrected chi connectivity index (χ2v) is 1.63. The molecule has 0 bridgehead atoms. The summed E-state index contributed by atoms with van der Waals surface area (Å²) in [5.41, 5.74) is 0.312. The number of furan rings is 1. The van der Waals surface area contributed by atoms with Crippen molar-refractivity contribution < 1.29 is 9.21 Å². The second-order valence-electron chi connectivity index (χ2n) is 1.28. The molecule has 0 N–H and O–H groups in total. The lowest BCUT2D eigenvalue weighted by Gasteiger charge is -1.76. The average molecular weight is 144 g/mol. The third-order valence-corrected chi connectivity index (χ3v) is 1.05. The molecule has 0 atom stereocenters. The summed E-state index contributed by atoms with van der Waals surface area (Å²) in [5, 5.41) is 0.110. The van der Waals surface area contributed by atoms with E-state index in [1.165, 1.54) is 18.4 Å². The lowest BCUT2D eigenvalue weighted by Crippen LogP contribution is -1.53. The monoisotopic (exact) mass is 143 g/mol. The molecule has 0 aliphatic heterocycles. The van der Waals surface area contributed by atoms with Crippen molar-refractivity contribution in [2.45, 2.75) is 0 Å². The molecule has 1 aromatic heterocycles. The van der Waals surface area contributed by atoms with Gasteiger partial charge in [-0.1, -0.05) is 0 Å². The molecule has 46 valence electrons. The highest BCUT2D eigenvalue weighted by Crippen LogP contribution is 2.24. The second kappa shape index (κ2) is 2.49. The molecule has 0 aromatic carbocycles. The fraction of sp³-hybridized carbons (Fsp3) is 0. The number of isocyanates is 1. The van der Waals surface area contributed by atoms with Gasteiger partial charge in [0, 0.05) is 6.07 Å². The molecule has 0 fully saturated rings. The Balaban J connectivity index is 3.07. The van der Waals surface area contributed by atoms with E-state index in [1.54, 1.807) is 0 Å². The molecular weight excluding hydrogens is 142 g/mol. The van der Waals surface area contributed by atoms with E-state index in [0.717, 1.165) is 0 Å². The van der Waals surface area contributed by atoms with Gasteiger partial charge in [-0.15, -0.1) is 0 Å². The van der Waals surface area contributed by atoms with Gasteiger partial charge in [-0.3, -0.25) is 0 Å². The van der Waals surface area contributed by atoms with E-state index in [4.69, 9.17) is 11.6 Å². The van der Waals surface area contributed by atoms with E-state index in [0.29, 0.717) is 5.69 Å². The predicted octanol–water partition coefficient (Wildman–Crippen LogP) is 1.90. The normalized spacial score (nSPS) is 8.56. The Morgan fingerprint density at radius 1 is 1.78 bits per heavy atom. The van der Waals surface area contributed by atoms with Crippen LogP contribution >= 0.6 is 11.6 Å². The molecule has 1 aromatic rings. The van der Waals surface area contributed by atoms with Gasteiger partial charge in [0.2, 0.25) is 11.3 Å². The van der Waals surface area contributed by atoms with Crippen LogP contribution in [0.2, 0.25) is 5.22 Å². The molecular formula is C5H2ClNO2. The average Bonchev–Trinajstić information content (AvgIpc) is 2.18. The predicted molar refractivity (Wildman–Crippen MR) is 31.5 cm³/mol. The molecule has 4 heteroatoms. The molecule has 0 saturated carbocycles. The quantitative estimate of drug-likeness (QED) is 0.445. The van der Waals surface area contributed by atoms with Crippen LogP contribution in [-0.2, 0) is 4.79 Å². The number of rotatable bonds is 1. The standard InChI is InChI=1S/C5H2ClNO2/c6-5-4(7-3-8)1-2-9-5/h1-2H. The summed E-state index contributed by atoms with van der Waals surface area (Å²) in [6.07, 6.45) is 2.69. The van der Waals surface area contributed by atoms with Gasteiger partial charge in [-0.2, -0.15) is 4.99 Å². The summed E-state index contributed by atoms with van der Waals surface area (Å²) < 4.78 is 4.61. The smallest absolute Gasteiger partial charge is 0.240 e. The van der Waals surface area contributed by atoms with Crippen LogP contribution in [0, 0.1) is 0 Å². The minimum atomic E-state index is 0.110. The Kier molecular flexibility index (Phi) is 1.68. The topological polar surface area (TPSA) is 42.6 Å². The van der Waals surface area contributed by atoms with Crippen molar-refractivity contribution in [2.24, 2.45) is 4.99 Å². The lowest BCUT2D eigenvalue weighted by molar-refractivity contribution is 0.563. The number of halogens is 1. The van der Waals surface area contributed by atoms with Crippen LogP contribution in [0.4, 0.5) is 5.69 Å². The summed E-state index contributed by atoms with van der Waals surface area (Å²) in [5.74, 6) is 0. The third-order valence-electron chi connectivity index (χ3n) is 0.765. The molecule has 0 saturated heterocycles. The Morgan fingerprint density at radius 3 is 3.00 bits per heavy atom. The molecule has 0 spiro atoms. The highest BCUT2D eigenvalue weighted by molar-refractivity contribution is 6.31. The molecule has 0 aliphatic rings. The first-order valence-corrected chi connectivity index (χ1v) is 2.53. The largest absolute Gasteiger partial charge is 0.451 e.